The van der Waals surface area contributed by atoms with Crippen LogP contribution in [-0.4, -0.2) is 34.5 Å². The van der Waals surface area contributed by atoms with Crippen molar-refractivity contribution < 1.29 is 22.7 Å². The lowest BCUT2D eigenvalue weighted by molar-refractivity contribution is -0.138. The van der Waals surface area contributed by atoms with Crippen LogP contribution in [0, 0.1) is 5.92 Å². The van der Waals surface area contributed by atoms with E-state index in [9.17, 15) is 18.0 Å². The number of hydrogen-bond acceptors (Lipinski definition) is 5. The van der Waals surface area contributed by atoms with E-state index in [1.807, 2.05) is 18.2 Å². The summed E-state index contributed by atoms with van der Waals surface area (Å²) in [5.41, 5.74) is 0.905. The Balaban J connectivity index is 1.40. The molecule has 2 aliphatic rings. The minimum Gasteiger partial charge on any atom is -0.493 e. The number of nitrogens with zero attached hydrogens (tertiary/aromatic N) is 3. The molecule has 1 N–H and O–H groups in total. The van der Waals surface area contributed by atoms with Crippen molar-refractivity contribution in [1.82, 2.24) is 15.1 Å². The van der Waals surface area contributed by atoms with Gasteiger partial charge in [0.15, 0.2) is 0 Å². The molecule has 0 atom stereocenters. The highest BCUT2D eigenvalue weighted by atomic mass is 32.2. The fourth-order valence-corrected chi connectivity index (χ4v) is 4.52. The van der Waals surface area contributed by atoms with E-state index in [4.69, 9.17) is 4.74 Å². The second-order valence-electron chi connectivity index (χ2n) is 8.31. The first-order chi connectivity index (χ1) is 16.3. The number of amides is 1. The first-order valence-corrected chi connectivity index (χ1v) is 11.6. The van der Waals surface area contributed by atoms with Crippen LogP contribution in [0.3, 0.4) is 0 Å². The van der Waals surface area contributed by atoms with Gasteiger partial charge in [-0.15, -0.1) is 0 Å². The molecule has 176 valence electrons. The number of aromatic nitrogens is 2. The topological polar surface area (TPSA) is 68.5 Å². The molecular formula is C24H21F3N4O2S. The molecule has 6 nitrogen and oxygen atoms in total. The number of ether oxygens (including phenoxy) is 1. The summed E-state index contributed by atoms with van der Waals surface area (Å²) >= 11 is 1.06. The number of aliphatic imine (C=N–C) groups is 1. The van der Waals surface area contributed by atoms with Crippen molar-refractivity contribution in [3.8, 4) is 5.75 Å². The van der Waals surface area contributed by atoms with Crippen LogP contribution in [0.15, 0.2) is 52.5 Å². The van der Waals surface area contributed by atoms with E-state index in [0.29, 0.717) is 28.8 Å². The van der Waals surface area contributed by atoms with Crippen molar-refractivity contribution >= 4 is 39.8 Å². The minimum atomic E-state index is -4.50. The van der Waals surface area contributed by atoms with Crippen LogP contribution in [0.1, 0.15) is 29.5 Å². The predicted octanol–water partition coefficient (Wildman–Crippen LogP) is 5.72. The van der Waals surface area contributed by atoms with Gasteiger partial charge in [0.1, 0.15) is 11.6 Å². The Morgan fingerprint density at radius 2 is 2.09 bits per heavy atom. The number of hydrogen-bond donors (Lipinski definition) is 1. The molecule has 34 heavy (non-hydrogen) atoms. The van der Waals surface area contributed by atoms with Gasteiger partial charge >= 0.3 is 6.18 Å². The number of halogens is 3. The molecule has 0 unspecified atom stereocenters. The Bertz CT molecular complexity index is 1330. The summed E-state index contributed by atoms with van der Waals surface area (Å²) in [6.07, 6.45) is 1.19. The molecule has 5 rings (SSSR count). The highest BCUT2D eigenvalue weighted by Gasteiger charge is 2.34. The third-order valence-corrected chi connectivity index (χ3v) is 6.47. The SMILES string of the molecule is CN=C1NC(=O)S/C1=C\c1ccc2nn(Cc3ccc(OCC4CC4)cc3C(F)(F)F)cc2c1. The number of carbonyl (C=O) groups is 1. The van der Waals surface area contributed by atoms with Crippen molar-refractivity contribution in [1.29, 1.82) is 0 Å². The monoisotopic (exact) mass is 486 g/mol. The van der Waals surface area contributed by atoms with Gasteiger partial charge < -0.3 is 10.1 Å². The lowest BCUT2D eigenvalue weighted by Gasteiger charge is -2.15. The van der Waals surface area contributed by atoms with E-state index < -0.39 is 11.7 Å². The summed E-state index contributed by atoms with van der Waals surface area (Å²) in [6.45, 7) is 0.428. The Labute approximate surface area is 197 Å². The van der Waals surface area contributed by atoms with Crippen molar-refractivity contribution in [3.63, 3.8) is 0 Å². The number of thioether (sulfide) groups is 1. The normalized spacial score (nSPS) is 18.8. The summed E-state index contributed by atoms with van der Waals surface area (Å²) in [5.74, 6) is 1.20. The number of alkyl halides is 3. The Morgan fingerprint density at radius 3 is 2.82 bits per heavy atom. The van der Waals surface area contributed by atoms with E-state index in [1.165, 1.54) is 10.7 Å². The highest BCUT2D eigenvalue weighted by Crippen LogP contribution is 2.36. The van der Waals surface area contributed by atoms with Gasteiger partial charge in [-0.3, -0.25) is 14.5 Å². The van der Waals surface area contributed by atoms with E-state index in [2.05, 4.69) is 15.4 Å². The zero-order chi connectivity index (χ0) is 23.9. The predicted molar refractivity (Wildman–Crippen MR) is 126 cm³/mol. The average molecular weight is 487 g/mol. The van der Waals surface area contributed by atoms with Crippen LogP contribution >= 0.6 is 11.8 Å². The van der Waals surface area contributed by atoms with Crippen molar-refractivity contribution in [2.45, 2.75) is 25.6 Å². The maximum Gasteiger partial charge on any atom is 0.416 e. The van der Waals surface area contributed by atoms with Crippen molar-refractivity contribution in [2.75, 3.05) is 13.7 Å². The van der Waals surface area contributed by atoms with Crippen LogP contribution in [0.2, 0.25) is 0 Å². The third-order valence-electron chi connectivity index (χ3n) is 5.66. The van der Waals surface area contributed by atoms with Gasteiger partial charge in [0, 0.05) is 18.6 Å². The van der Waals surface area contributed by atoms with Crippen LogP contribution in [-0.2, 0) is 12.7 Å². The van der Waals surface area contributed by atoms with Crippen LogP contribution in [0.5, 0.6) is 5.75 Å². The van der Waals surface area contributed by atoms with Crippen LogP contribution < -0.4 is 10.1 Å². The molecule has 3 aromatic rings. The average Bonchev–Trinajstić information content (AvgIpc) is 3.43. The van der Waals surface area contributed by atoms with E-state index in [1.54, 1.807) is 25.4 Å². The first kappa shape index (κ1) is 22.5. The maximum absolute atomic E-state index is 13.7. The second-order valence-corrected chi connectivity index (χ2v) is 9.33. The molecule has 0 radical (unpaired) electrons. The largest absolute Gasteiger partial charge is 0.493 e. The smallest absolute Gasteiger partial charge is 0.416 e. The highest BCUT2D eigenvalue weighted by molar-refractivity contribution is 8.18. The zero-order valence-electron chi connectivity index (χ0n) is 18.2. The third kappa shape index (κ3) is 4.96. The molecule has 1 aromatic heterocycles. The lowest BCUT2D eigenvalue weighted by Crippen LogP contribution is -2.18. The molecule has 1 aliphatic carbocycles. The number of benzene rings is 2. The molecule has 2 fully saturated rings. The standard InChI is InChI=1S/C24H21F3N4O2S/c1-28-22-21(34-23(32)29-22)9-15-4-7-20-17(8-15)12-31(30-20)11-16-5-6-18(33-13-14-2-3-14)10-19(16)24(25,26)27/h4-10,12,14H,2-3,11,13H2,1H3,(H,28,29,32)/b21-9-. The van der Waals surface area contributed by atoms with E-state index >= 15 is 0 Å². The zero-order valence-corrected chi connectivity index (χ0v) is 19.0. The molecule has 1 saturated heterocycles. The van der Waals surface area contributed by atoms with E-state index in [0.717, 1.165) is 41.6 Å². The Morgan fingerprint density at radius 1 is 1.26 bits per heavy atom. The fourth-order valence-electron chi connectivity index (χ4n) is 3.73. The Hall–Kier alpha value is -3.27. The number of nitrogens with one attached hydrogen (secondary N) is 1. The van der Waals surface area contributed by atoms with Gasteiger partial charge in [0.05, 0.1) is 29.1 Å². The summed E-state index contributed by atoms with van der Waals surface area (Å²) < 4.78 is 48.3. The first-order valence-electron chi connectivity index (χ1n) is 10.8. The molecule has 1 aliphatic heterocycles. The van der Waals surface area contributed by atoms with Gasteiger partial charge in [-0.25, -0.2) is 0 Å². The Kier molecular flexibility index (Phi) is 5.85. The number of carbonyl (C=O) groups excluding carboxylic acids is 1. The molecular weight excluding hydrogens is 465 g/mol. The molecule has 0 spiro atoms. The molecule has 1 amide bonds. The number of fused-ring (bicyclic) bond motifs is 1. The van der Waals surface area contributed by atoms with Gasteiger partial charge in [0.25, 0.3) is 5.24 Å². The summed E-state index contributed by atoms with van der Waals surface area (Å²) in [5, 5.41) is 7.70. The fraction of sp³-hybridized carbons (Fsp3) is 0.292. The van der Waals surface area contributed by atoms with Gasteiger partial charge in [-0.1, -0.05) is 12.1 Å². The summed E-state index contributed by atoms with van der Waals surface area (Å²) in [7, 11) is 1.60. The quantitative estimate of drug-likeness (QED) is 0.484. The van der Waals surface area contributed by atoms with Crippen LogP contribution in [0.4, 0.5) is 18.0 Å². The summed E-state index contributed by atoms with van der Waals surface area (Å²) in [4.78, 5) is 16.4. The lowest BCUT2D eigenvalue weighted by atomic mass is 10.1. The van der Waals surface area contributed by atoms with Gasteiger partial charge in [-0.2, -0.15) is 18.3 Å². The van der Waals surface area contributed by atoms with Crippen molar-refractivity contribution in [3.05, 3.63) is 64.2 Å². The minimum absolute atomic E-state index is 0.0240. The second kappa shape index (κ2) is 8.83. The molecule has 1 saturated carbocycles. The maximum atomic E-state index is 13.7. The van der Waals surface area contributed by atoms with Crippen molar-refractivity contribution in [2.24, 2.45) is 10.9 Å². The van der Waals surface area contributed by atoms with Crippen LogP contribution in [0.25, 0.3) is 17.0 Å². The van der Waals surface area contributed by atoms with E-state index in [-0.39, 0.29) is 23.1 Å². The van der Waals surface area contributed by atoms with Gasteiger partial charge in [-0.05, 0) is 72.0 Å². The number of rotatable bonds is 6. The van der Waals surface area contributed by atoms with Gasteiger partial charge in [0.2, 0.25) is 0 Å². The molecule has 10 heteroatoms. The molecule has 2 aromatic carbocycles. The molecule has 2 heterocycles. The molecule has 0 bridgehead atoms. The summed E-state index contributed by atoms with van der Waals surface area (Å²) in [6, 6.07) is 9.64. The number of amidine groups is 1.